The molecule has 1 saturated heterocycles. The van der Waals surface area contributed by atoms with Crippen molar-refractivity contribution >= 4 is 38.5 Å². The quantitative estimate of drug-likeness (QED) is 0.483. The Morgan fingerprint density at radius 1 is 1.09 bits per heavy atom. The summed E-state index contributed by atoms with van der Waals surface area (Å²) in [5, 5.41) is 1.09. The Kier molecular flexibility index (Phi) is 5.36. The standard InChI is InChI=1S/C23H23N5O3S/c1-2-28-18-8-7-15(13-17(18)25-21(29)23(28)31)22(30)27-11-9-26(10-12-27)14-20-24-16-5-3-4-6-19(16)32-20/h3-8,13H,2,9-12,14H2,1H3,(H,25,29). The summed E-state index contributed by atoms with van der Waals surface area (Å²) < 4.78 is 2.61. The second-order valence-corrected chi connectivity index (χ2v) is 8.99. The number of aromatic nitrogens is 3. The Balaban J connectivity index is 1.28. The number of fused-ring (bicyclic) bond motifs is 2. The average molecular weight is 450 g/mol. The van der Waals surface area contributed by atoms with Gasteiger partial charge in [0.15, 0.2) is 0 Å². The van der Waals surface area contributed by atoms with Gasteiger partial charge in [0.25, 0.3) is 5.91 Å². The molecule has 1 aliphatic heterocycles. The van der Waals surface area contributed by atoms with Crippen LogP contribution >= 0.6 is 11.3 Å². The van der Waals surface area contributed by atoms with Gasteiger partial charge in [-0.25, -0.2) is 4.98 Å². The molecule has 0 aliphatic carbocycles. The largest absolute Gasteiger partial charge is 0.336 e. The highest BCUT2D eigenvalue weighted by Gasteiger charge is 2.23. The van der Waals surface area contributed by atoms with Gasteiger partial charge in [-0.15, -0.1) is 11.3 Å². The molecule has 0 radical (unpaired) electrons. The highest BCUT2D eigenvalue weighted by atomic mass is 32.1. The summed E-state index contributed by atoms with van der Waals surface area (Å²) in [7, 11) is 0. The van der Waals surface area contributed by atoms with Crippen molar-refractivity contribution < 1.29 is 4.79 Å². The van der Waals surface area contributed by atoms with Gasteiger partial charge in [-0.1, -0.05) is 12.1 Å². The molecule has 9 heteroatoms. The minimum absolute atomic E-state index is 0.0679. The molecule has 0 atom stereocenters. The van der Waals surface area contributed by atoms with Crippen LogP contribution in [0.1, 0.15) is 22.3 Å². The lowest BCUT2D eigenvalue weighted by molar-refractivity contribution is 0.0628. The number of amides is 1. The van der Waals surface area contributed by atoms with Crippen LogP contribution in [0.3, 0.4) is 0 Å². The van der Waals surface area contributed by atoms with E-state index in [9.17, 15) is 14.4 Å². The van der Waals surface area contributed by atoms with Gasteiger partial charge in [0.2, 0.25) is 0 Å². The van der Waals surface area contributed by atoms with Crippen LogP contribution in [0.4, 0.5) is 0 Å². The number of carbonyl (C=O) groups is 1. The number of carbonyl (C=O) groups excluding carboxylic acids is 1. The van der Waals surface area contributed by atoms with E-state index < -0.39 is 11.1 Å². The number of piperazine rings is 1. The van der Waals surface area contributed by atoms with Crippen molar-refractivity contribution in [2.45, 2.75) is 20.0 Å². The van der Waals surface area contributed by atoms with Gasteiger partial charge in [-0.05, 0) is 37.3 Å². The fourth-order valence-electron chi connectivity index (χ4n) is 4.20. The Morgan fingerprint density at radius 2 is 1.88 bits per heavy atom. The summed E-state index contributed by atoms with van der Waals surface area (Å²) in [6, 6.07) is 13.3. The molecule has 2 aromatic carbocycles. The Bertz CT molecular complexity index is 1400. The van der Waals surface area contributed by atoms with Crippen LogP contribution in [0.2, 0.25) is 0 Å². The van der Waals surface area contributed by atoms with E-state index in [1.165, 1.54) is 9.27 Å². The minimum atomic E-state index is -0.674. The molecule has 0 unspecified atom stereocenters. The summed E-state index contributed by atoms with van der Waals surface area (Å²) in [5.41, 5.74) is 1.40. The first-order chi connectivity index (χ1) is 15.5. The van der Waals surface area contributed by atoms with E-state index in [1.807, 2.05) is 30.0 Å². The number of hydrogen-bond acceptors (Lipinski definition) is 6. The monoisotopic (exact) mass is 449 g/mol. The van der Waals surface area contributed by atoms with Gasteiger partial charge in [0.1, 0.15) is 5.01 Å². The molecule has 5 rings (SSSR count). The summed E-state index contributed by atoms with van der Waals surface area (Å²) in [5.74, 6) is -0.0679. The number of aryl methyl sites for hydroxylation is 1. The van der Waals surface area contributed by atoms with E-state index in [0.29, 0.717) is 36.2 Å². The van der Waals surface area contributed by atoms with E-state index in [2.05, 4.69) is 16.0 Å². The minimum Gasteiger partial charge on any atom is -0.336 e. The van der Waals surface area contributed by atoms with Crippen molar-refractivity contribution in [3.8, 4) is 0 Å². The molecule has 164 valence electrons. The van der Waals surface area contributed by atoms with Crippen LogP contribution in [0.25, 0.3) is 21.3 Å². The zero-order chi connectivity index (χ0) is 22.2. The van der Waals surface area contributed by atoms with Gasteiger partial charge in [-0.2, -0.15) is 0 Å². The Morgan fingerprint density at radius 3 is 2.62 bits per heavy atom. The SMILES string of the molecule is CCn1c(=O)c(=O)[nH]c2cc(C(=O)N3CCN(Cc4nc5ccccc5s4)CC3)ccc21. The van der Waals surface area contributed by atoms with E-state index in [4.69, 9.17) is 4.98 Å². The second kappa shape index (κ2) is 8.33. The topological polar surface area (TPSA) is 91.3 Å². The van der Waals surface area contributed by atoms with Crippen LogP contribution in [0.15, 0.2) is 52.1 Å². The van der Waals surface area contributed by atoms with E-state index in [1.54, 1.807) is 29.5 Å². The first-order valence-corrected chi connectivity index (χ1v) is 11.5. The van der Waals surface area contributed by atoms with Crippen LogP contribution in [-0.4, -0.2) is 56.4 Å². The fourth-order valence-corrected chi connectivity index (χ4v) is 5.21. The number of para-hydroxylation sites is 1. The van der Waals surface area contributed by atoms with E-state index in [-0.39, 0.29) is 5.91 Å². The van der Waals surface area contributed by atoms with Crippen molar-refractivity contribution in [2.75, 3.05) is 26.2 Å². The Hall–Kier alpha value is -3.30. The van der Waals surface area contributed by atoms with Crippen LogP contribution < -0.4 is 11.1 Å². The van der Waals surface area contributed by atoms with E-state index in [0.717, 1.165) is 30.2 Å². The first-order valence-electron chi connectivity index (χ1n) is 10.7. The maximum Gasteiger partial charge on any atom is 0.316 e. The number of nitrogens with zero attached hydrogens (tertiary/aromatic N) is 4. The number of aromatic amines is 1. The first kappa shape index (κ1) is 20.6. The highest BCUT2D eigenvalue weighted by Crippen LogP contribution is 2.23. The van der Waals surface area contributed by atoms with Crippen molar-refractivity contribution in [1.29, 1.82) is 0 Å². The average Bonchev–Trinajstić information content (AvgIpc) is 3.22. The van der Waals surface area contributed by atoms with Crippen LogP contribution in [0, 0.1) is 0 Å². The second-order valence-electron chi connectivity index (χ2n) is 7.88. The lowest BCUT2D eigenvalue weighted by Gasteiger charge is -2.34. The predicted molar refractivity (Wildman–Crippen MR) is 125 cm³/mol. The number of hydrogen-bond donors (Lipinski definition) is 1. The Labute approximate surface area is 187 Å². The molecule has 1 N–H and O–H groups in total. The van der Waals surface area contributed by atoms with Crippen molar-refractivity contribution in [3.63, 3.8) is 0 Å². The molecule has 1 aliphatic rings. The smallest absolute Gasteiger partial charge is 0.316 e. The van der Waals surface area contributed by atoms with Crippen LogP contribution in [-0.2, 0) is 13.1 Å². The molecule has 32 heavy (non-hydrogen) atoms. The van der Waals surface area contributed by atoms with Crippen molar-refractivity contribution in [1.82, 2.24) is 24.3 Å². The summed E-state index contributed by atoms with van der Waals surface area (Å²) >= 11 is 1.71. The number of H-pyrrole nitrogens is 1. The van der Waals surface area contributed by atoms with Crippen molar-refractivity contribution in [2.24, 2.45) is 0 Å². The zero-order valence-corrected chi connectivity index (χ0v) is 18.5. The molecule has 1 amide bonds. The normalized spacial score (nSPS) is 15.0. The number of rotatable bonds is 4. The molecule has 2 aromatic heterocycles. The van der Waals surface area contributed by atoms with Gasteiger partial charge >= 0.3 is 11.1 Å². The lowest BCUT2D eigenvalue weighted by Crippen LogP contribution is -2.48. The molecule has 1 fully saturated rings. The van der Waals surface area contributed by atoms with Gasteiger partial charge in [0.05, 0.1) is 27.8 Å². The molecular weight excluding hydrogens is 426 g/mol. The molecule has 0 saturated carbocycles. The van der Waals surface area contributed by atoms with Crippen molar-refractivity contribution in [3.05, 3.63) is 73.7 Å². The number of thiazole rings is 1. The van der Waals surface area contributed by atoms with Gasteiger partial charge in [0, 0.05) is 38.3 Å². The molecule has 0 bridgehead atoms. The lowest BCUT2D eigenvalue weighted by atomic mass is 10.1. The van der Waals surface area contributed by atoms with Gasteiger partial charge in [-0.3, -0.25) is 19.3 Å². The fraction of sp³-hybridized carbons (Fsp3) is 0.304. The maximum atomic E-state index is 13.1. The zero-order valence-electron chi connectivity index (χ0n) is 17.7. The predicted octanol–water partition coefficient (Wildman–Crippen LogP) is 2.28. The number of benzene rings is 2. The van der Waals surface area contributed by atoms with E-state index >= 15 is 0 Å². The molecule has 3 heterocycles. The summed E-state index contributed by atoms with van der Waals surface area (Å²) in [4.78, 5) is 48.5. The molecule has 4 aromatic rings. The molecule has 8 nitrogen and oxygen atoms in total. The third-order valence-electron chi connectivity index (χ3n) is 5.89. The third-order valence-corrected chi connectivity index (χ3v) is 6.92. The summed E-state index contributed by atoms with van der Waals surface area (Å²) in [6.07, 6.45) is 0. The molecular formula is C23H23N5O3S. The molecule has 0 spiro atoms. The number of nitrogens with one attached hydrogen (secondary N) is 1. The summed E-state index contributed by atoms with van der Waals surface area (Å²) in [6.45, 7) is 5.81. The highest BCUT2D eigenvalue weighted by molar-refractivity contribution is 7.18. The third kappa shape index (κ3) is 3.74. The maximum absolute atomic E-state index is 13.1. The van der Waals surface area contributed by atoms with Crippen LogP contribution in [0.5, 0.6) is 0 Å². The van der Waals surface area contributed by atoms with Gasteiger partial charge < -0.3 is 14.5 Å².